The third-order valence-corrected chi connectivity index (χ3v) is 4.46. The minimum atomic E-state index is 0.480. The molecule has 0 saturated heterocycles. The molecule has 1 aromatic carbocycles. The Kier molecular flexibility index (Phi) is 4.71. The second-order valence-corrected chi connectivity index (χ2v) is 5.98. The molecule has 2 N–H and O–H groups in total. The standard InChI is InChI=1S/C17H25N3O2/c1-21-13-9-12(10-14(11-13)22-2)7-8-18-17-19-15-5-3-4-6-16(15)20-17/h9-11,15-16H,3-8H2,1-2H3,(H2,18,19,20)/t15-,16-/m0/s1. The SMILES string of the molecule is COc1cc(CCNC2=N[C@H]3CCCC[C@@H]3N2)cc(OC)c1. The van der Waals surface area contributed by atoms with E-state index < -0.39 is 0 Å². The average Bonchev–Trinajstić information content (AvgIpc) is 2.97. The number of methoxy groups -OCH3 is 2. The van der Waals surface area contributed by atoms with Gasteiger partial charge in [0.1, 0.15) is 11.5 Å². The Labute approximate surface area is 132 Å². The molecule has 0 spiro atoms. The molecule has 0 bridgehead atoms. The van der Waals surface area contributed by atoms with E-state index in [4.69, 9.17) is 14.5 Å². The first-order chi connectivity index (χ1) is 10.8. The highest BCUT2D eigenvalue weighted by molar-refractivity contribution is 5.82. The fraction of sp³-hybridized carbons (Fsp3) is 0.588. The molecule has 2 aliphatic rings. The molecule has 0 unspecified atom stereocenters. The first-order valence-corrected chi connectivity index (χ1v) is 8.08. The van der Waals surface area contributed by atoms with E-state index in [-0.39, 0.29) is 0 Å². The number of hydrogen-bond acceptors (Lipinski definition) is 5. The fourth-order valence-electron chi connectivity index (χ4n) is 3.25. The van der Waals surface area contributed by atoms with Crippen LogP contribution in [0.4, 0.5) is 0 Å². The van der Waals surface area contributed by atoms with E-state index in [1.54, 1.807) is 14.2 Å². The monoisotopic (exact) mass is 303 g/mol. The van der Waals surface area contributed by atoms with Crippen molar-refractivity contribution < 1.29 is 9.47 Å². The van der Waals surface area contributed by atoms with Crippen LogP contribution < -0.4 is 20.1 Å². The summed E-state index contributed by atoms with van der Waals surface area (Å²) in [5, 5.41) is 6.93. The second-order valence-electron chi connectivity index (χ2n) is 5.98. The van der Waals surface area contributed by atoms with E-state index in [1.165, 1.54) is 31.2 Å². The number of fused-ring (bicyclic) bond motifs is 1. The normalized spacial score (nSPS) is 23.3. The molecule has 1 aromatic rings. The van der Waals surface area contributed by atoms with Gasteiger partial charge in [0.2, 0.25) is 0 Å². The summed E-state index contributed by atoms with van der Waals surface area (Å²) in [5.41, 5.74) is 1.19. The van der Waals surface area contributed by atoms with Crippen LogP contribution in [0.15, 0.2) is 23.2 Å². The number of nitrogens with zero attached hydrogens (tertiary/aromatic N) is 1. The van der Waals surface area contributed by atoms with Crippen LogP contribution in [0.25, 0.3) is 0 Å². The van der Waals surface area contributed by atoms with Crippen LogP contribution in [-0.2, 0) is 6.42 Å². The highest BCUT2D eigenvalue weighted by Gasteiger charge is 2.30. The highest BCUT2D eigenvalue weighted by Crippen LogP contribution is 2.24. The van der Waals surface area contributed by atoms with Gasteiger partial charge in [-0.1, -0.05) is 12.8 Å². The van der Waals surface area contributed by atoms with Gasteiger partial charge in [-0.15, -0.1) is 0 Å². The van der Waals surface area contributed by atoms with Crippen molar-refractivity contribution in [2.24, 2.45) is 4.99 Å². The lowest BCUT2D eigenvalue weighted by Gasteiger charge is -2.23. The molecule has 3 rings (SSSR count). The quantitative estimate of drug-likeness (QED) is 0.875. The predicted octanol–water partition coefficient (Wildman–Crippen LogP) is 2.11. The molecular formula is C17H25N3O2. The maximum atomic E-state index is 5.30. The Morgan fingerprint density at radius 2 is 1.86 bits per heavy atom. The van der Waals surface area contributed by atoms with Crippen LogP contribution in [-0.4, -0.2) is 38.8 Å². The van der Waals surface area contributed by atoms with E-state index >= 15 is 0 Å². The topological polar surface area (TPSA) is 54.9 Å². The zero-order valence-corrected chi connectivity index (χ0v) is 13.4. The molecule has 5 heteroatoms. The van der Waals surface area contributed by atoms with E-state index in [9.17, 15) is 0 Å². The maximum Gasteiger partial charge on any atom is 0.191 e. The van der Waals surface area contributed by atoms with Crippen molar-refractivity contribution in [1.82, 2.24) is 10.6 Å². The van der Waals surface area contributed by atoms with Crippen molar-refractivity contribution in [3.05, 3.63) is 23.8 Å². The van der Waals surface area contributed by atoms with Gasteiger partial charge in [-0.25, -0.2) is 4.99 Å². The number of rotatable bonds is 5. The van der Waals surface area contributed by atoms with Crippen molar-refractivity contribution in [1.29, 1.82) is 0 Å². The third-order valence-electron chi connectivity index (χ3n) is 4.46. The molecule has 1 heterocycles. The molecule has 1 fully saturated rings. The maximum absolute atomic E-state index is 5.30. The van der Waals surface area contributed by atoms with Crippen molar-refractivity contribution in [2.45, 2.75) is 44.2 Å². The molecule has 1 saturated carbocycles. The summed E-state index contributed by atoms with van der Waals surface area (Å²) in [6.45, 7) is 0.849. The van der Waals surface area contributed by atoms with Crippen molar-refractivity contribution in [3.63, 3.8) is 0 Å². The summed E-state index contributed by atoms with van der Waals surface area (Å²) in [7, 11) is 3.35. The Hall–Kier alpha value is -1.91. The highest BCUT2D eigenvalue weighted by atomic mass is 16.5. The van der Waals surface area contributed by atoms with Gasteiger partial charge in [-0.2, -0.15) is 0 Å². The predicted molar refractivity (Wildman–Crippen MR) is 87.9 cm³/mol. The Balaban J connectivity index is 1.53. The summed E-state index contributed by atoms with van der Waals surface area (Å²) >= 11 is 0. The first kappa shape index (κ1) is 15.0. The van der Waals surface area contributed by atoms with Crippen molar-refractivity contribution >= 4 is 5.96 Å². The third kappa shape index (κ3) is 3.46. The van der Waals surface area contributed by atoms with E-state index in [1.807, 2.05) is 18.2 Å². The molecule has 5 nitrogen and oxygen atoms in total. The van der Waals surface area contributed by atoms with Crippen molar-refractivity contribution in [2.75, 3.05) is 20.8 Å². The minimum absolute atomic E-state index is 0.480. The van der Waals surface area contributed by atoms with Crippen LogP contribution in [0.5, 0.6) is 11.5 Å². The van der Waals surface area contributed by atoms with Crippen LogP contribution in [0.2, 0.25) is 0 Å². The number of aliphatic imine (C=N–C) groups is 1. The Morgan fingerprint density at radius 3 is 2.55 bits per heavy atom. The summed E-state index contributed by atoms with van der Waals surface area (Å²) < 4.78 is 10.6. The molecular weight excluding hydrogens is 278 g/mol. The zero-order chi connectivity index (χ0) is 15.4. The van der Waals surface area contributed by atoms with Gasteiger partial charge in [-0.3, -0.25) is 0 Å². The molecule has 0 radical (unpaired) electrons. The second kappa shape index (κ2) is 6.90. The fourth-order valence-corrected chi connectivity index (χ4v) is 3.25. The zero-order valence-electron chi connectivity index (χ0n) is 13.4. The summed E-state index contributed by atoms with van der Waals surface area (Å²) in [6.07, 6.45) is 6.00. The van der Waals surface area contributed by atoms with E-state index in [0.29, 0.717) is 12.1 Å². The van der Waals surface area contributed by atoms with Crippen LogP contribution in [0.1, 0.15) is 31.2 Å². The number of hydrogen-bond donors (Lipinski definition) is 2. The summed E-state index contributed by atoms with van der Waals surface area (Å²) in [4.78, 5) is 4.75. The lowest BCUT2D eigenvalue weighted by molar-refractivity contribution is 0.384. The van der Waals surface area contributed by atoms with Gasteiger partial charge in [-0.05, 0) is 37.0 Å². The number of guanidine groups is 1. The molecule has 22 heavy (non-hydrogen) atoms. The lowest BCUT2D eigenvalue weighted by atomic mass is 9.92. The van der Waals surface area contributed by atoms with Gasteiger partial charge in [0.05, 0.1) is 26.3 Å². The number of ether oxygens (including phenoxy) is 2. The summed E-state index contributed by atoms with van der Waals surface area (Å²) in [6, 6.07) is 7.02. The molecule has 120 valence electrons. The number of nitrogens with one attached hydrogen (secondary N) is 2. The van der Waals surface area contributed by atoms with Gasteiger partial charge in [0.25, 0.3) is 0 Å². The van der Waals surface area contributed by atoms with Crippen LogP contribution in [0.3, 0.4) is 0 Å². The van der Waals surface area contributed by atoms with Crippen LogP contribution >= 0.6 is 0 Å². The van der Waals surface area contributed by atoms with Gasteiger partial charge >= 0.3 is 0 Å². The van der Waals surface area contributed by atoms with E-state index in [2.05, 4.69) is 10.6 Å². The van der Waals surface area contributed by atoms with Gasteiger partial charge < -0.3 is 20.1 Å². The Bertz CT molecular complexity index is 522. The van der Waals surface area contributed by atoms with E-state index in [0.717, 1.165) is 30.4 Å². The largest absolute Gasteiger partial charge is 0.497 e. The summed E-state index contributed by atoms with van der Waals surface area (Å²) in [5.74, 6) is 2.63. The molecule has 1 aliphatic carbocycles. The number of benzene rings is 1. The lowest BCUT2D eigenvalue weighted by Crippen LogP contribution is -2.42. The molecule has 1 aliphatic heterocycles. The smallest absolute Gasteiger partial charge is 0.191 e. The molecule has 2 atom stereocenters. The Morgan fingerprint density at radius 1 is 1.14 bits per heavy atom. The minimum Gasteiger partial charge on any atom is -0.497 e. The first-order valence-electron chi connectivity index (χ1n) is 8.08. The van der Waals surface area contributed by atoms with Gasteiger partial charge in [0.15, 0.2) is 5.96 Å². The van der Waals surface area contributed by atoms with Crippen molar-refractivity contribution in [3.8, 4) is 11.5 Å². The molecule has 0 aromatic heterocycles. The van der Waals surface area contributed by atoms with Gasteiger partial charge in [0, 0.05) is 12.6 Å². The van der Waals surface area contributed by atoms with Crippen LogP contribution in [0, 0.1) is 0 Å². The molecule has 0 amide bonds. The average molecular weight is 303 g/mol.